The van der Waals surface area contributed by atoms with E-state index < -0.39 is 0 Å². The highest BCUT2D eigenvalue weighted by molar-refractivity contribution is 7.80. The molecule has 1 aromatic heterocycles. The number of nitrogens with one attached hydrogen (secondary N) is 3. The summed E-state index contributed by atoms with van der Waals surface area (Å²) in [5.74, 6) is 0.962. The average molecular weight is 254 g/mol. The van der Waals surface area contributed by atoms with Crippen LogP contribution in [0.2, 0.25) is 0 Å². The molecule has 0 unspecified atom stereocenters. The topological polar surface area (TPSA) is 41.6 Å². The van der Waals surface area contributed by atoms with E-state index in [1.54, 1.807) is 12.3 Å². The molecule has 0 aliphatic heterocycles. The first-order valence-electron chi connectivity index (χ1n) is 5.61. The Labute approximate surface area is 108 Å². The van der Waals surface area contributed by atoms with E-state index in [4.69, 9.17) is 16.6 Å². The third kappa shape index (κ3) is 4.58. The summed E-state index contributed by atoms with van der Waals surface area (Å²) < 4.78 is 5.43. The van der Waals surface area contributed by atoms with Gasteiger partial charge >= 0.3 is 0 Å². The summed E-state index contributed by atoms with van der Waals surface area (Å²) in [7, 11) is 4.18. The number of hydrogen-bond acceptors (Lipinski definition) is 2. The van der Waals surface area contributed by atoms with Crippen molar-refractivity contribution in [3.8, 4) is 0 Å². The van der Waals surface area contributed by atoms with Crippen LogP contribution in [0.25, 0.3) is 0 Å². The molecule has 0 bridgehead atoms. The zero-order valence-corrected chi connectivity index (χ0v) is 11.1. The van der Waals surface area contributed by atoms with Crippen LogP contribution < -0.4 is 15.5 Å². The summed E-state index contributed by atoms with van der Waals surface area (Å²) in [5.41, 5.74) is 0. The molecule has 0 aliphatic rings. The van der Waals surface area contributed by atoms with Crippen molar-refractivity contribution in [2.24, 2.45) is 0 Å². The predicted molar refractivity (Wildman–Crippen MR) is 73.1 cm³/mol. The van der Waals surface area contributed by atoms with E-state index >= 15 is 0 Å². The summed E-state index contributed by atoms with van der Waals surface area (Å²) in [6.45, 7) is 5.04. The number of rotatable bonds is 6. The summed E-state index contributed by atoms with van der Waals surface area (Å²) in [6.07, 6.45) is 3.47. The summed E-state index contributed by atoms with van der Waals surface area (Å²) in [4.78, 5) is 1.29. The van der Waals surface area contributed by atoms with Crippen LogP contribution in [-0.2, 0) is 0 Å². The zero-order chi connectivity index (χ0) is 12.7. The molecule has 1 heterocycles. The molecule has 0 saturated heterocycles. The fourth-order valence-corrected chi connectivity index (χ4v) is 1.67. The average Bonchev–Trinajstić information content (AvgIpc) is 2.79. The molecule has 0 aromatic carbocycles. The van der Waals surface area contributed by atoms with Gasteiger partial charge in [0.2, 0.25) is 0 Å². The van der Waals surface area contributed by atoms with Gasteiger partial charge in [0.05, 0.1) is 26.9 Å². The molecule has 1 atom stereocenters. The third-order valence-electron chi connectivity index (χ3n) is 2.46. The van der Waals surface area contributed by atoms with Crippen LogP contribution in [0.5, 0.6) is 0 Å². The quantitative estimate of drug-likeness (QED) is 0.498. The van der Waals surface area contributed by atoms with Crippen LogP contribution >= 0.6 is 12.2 Å². The van der Waals surface area contributed by atoms with E-state index in [2.05, 4.69) is 31.3 Å². The van der Waals surface area contributed by atoms with Gasteiger partial charge in [-0.25, -0.2) is 0 Å². The van der Waals surface area contributed by atoms with E-state index in [0.29, 0.717) is 11.7 Å². The number of quaternary nitrogens is 1. The van der Waals surface area contributed by atoms with Crippen LogP contribution in [0.15, 0.2) is 35.5 Å². The molecule has 0 spiro atoms. The Morgan fingerprint density at radius 1 is 1.59 bits per heavy atom. The SMILES string of the molecule is C=CCNC(=S)NC[C@@H](c1ccco1)[NH+](C)C. The van der Waals surface area contributed by atoms with Crippen molar-refractivity contribution in [2.75, 3.05) is 27.2 Å². The van der Waals surface area contributed by atoms with Gasteiger partial charge in [-0.05, 0) is 24.4 Å². The van der Waals surface area contributed by atoms with Crippen molar-refractivity contribution in [1.82, 2.24) is 10.6 Å². The van der Waals surface area contributed by atoms with Crippen LogP contribution in [-0.4, -0.2) is 32.3 Å². The normalized spacial score (nSPS) is 12.2. The standard InChI is InChI=1S/C12H19N3OS/c1-4-7-13-12(17)14-9-10(15(2)3)11-6-5-8-16-11/h4-6,8,10H,1,7,9H2,2-3H3,(H2,13,14,17)/p+1/t10-/m0/s1. The minimum Gasteiger partial charge on any atom is -0.463 e. The Morgan fingerprint density at radius 2 is 2.35 bits per heavy atom. The second kappa shape index (κ2) is 7.09. The number of furan rings is 1. The van der Waals surface area contributed by atoms with E-state index in [-0.39, 0.29) is 6.04 Å². The van der Waals surface area contributed by atoms with Crippen molar-refractivity contribution >= 4 is 17.3 Å². The summed E-state index contributed by atoms with van der Waals surface area (Å²) in [5, 5.41) is 6.85. The largest absolute Gasteiger partial charge is 0.463 e. The van der Waals surface area contributed by atoms with Crippen molar-refractivity contribution in [3.05, 3.63) is 36.8 Å². The first kappa shape index (κ1) is 13.7. The molecule has 0 fully saturated rings. The van der Waals surface area contributed by atoms with Gasteiger partial charge in [0.15, 0.2) is 16.9 Å². The van der Waals surface area contributed by atoms with Gasteiger partial charge in [0.1, 0.15) is 0 Å². The molecule has 4 nitrogen and oxygen atoms in total. The van der Waals surface area contributed by atoms with Crippen molar-refractivity contribution < 1.29 is 9.32 Å². The second-order valence-electron chi connectivity index (χ2n) is 4.02. The van der Waals surface area contributed by atoms with Crippen LogP contribution in [0, 0.1) is 0 Å². The molecule has 17 heavy (non-hydrogen) atoms. The molecular formula is C12H20N3OS+. The lowest BCUT2D eigenvalue weighted by Gasteiger charge is -2.20. The highest BCUT2D eigenvalue weighted by Gasteiger charge is 2.20. The van der Waals surface area contributed by atoms with Gasteiger partial charge in [0.25, 0.3) is 0 Å². The van der Waals surface area contributed by atoms with Crippen LogP contribution in [0.3, 0.4) is 0 Å². The fraction of sp³-hybridized carbons (Fsp3) is 0.417. The fourth-order valence-electron chi connectivity index (χ4n) is 1.50. The first-order chi connectivity index (χ1) is 8.15. The molecule has 94 valence electrons. The van der Waals surface area contributed by atoms with Gasteiger partial charge in [-0.1, -0.05) is 6.08 Å². The van der Waals surface area contributed by atoms with Crippen molar-refractivity contribution in [1.29, 1.82) is 0 Å². The lowest BCUT2D eigenvalue weighted by molar-refractivity contribution is -0.891. The predicted octanol–water partition coefficient (Wildman–Crippen LogP) is 0.115. The van der Waals surface area contributed by atoms with Gasteiger partial charge < -0.3 is 20.0 Å². The Hall–Kier alpha value is -1.33. The monoisotopic (exact) mass is 254 g/mol. The minimum absolute atomic E-state index is 0.244. The van der Waals surface area contributed by atoms with Gasteiger partial charge in [-0.2, -0.15) is 0 Å². The van der Waals surface area contributed by atoms with E-state index in [1.807, 2.05) is 12.1 Å². The number of thiocarbonyl (C=S) groups is 1. The summed E-state index contributed by atoms with van der Waals surface area (Å²) in [6, 6.07) is 4.13. The Kier molecular flexibility index (Phi) is 5.72. The Balaban J connectivity index is 2.46. The van der Waals surface area contributed by atoms with Crippen molar-refractivity contribution in [3.63, 3.8) is 0 Å². The summed E-state index contributed by atoms with van der Waals surface area (Å²) >= 11 is 5.14. The first-order valence-corrected chi connectivity index (χ1v) is 6.02. The Bertz CT molecular complexity index is 349. The minimum atomic E-state index is 0.244. The van der Waals surface area contributed by atoms with Gasteiger partial charge in [-0.3, -0.25) is 0 Å². The maximum Gasteiger partial charge on any atom is 0.166 e. The highest BCUT2D eigenvalue weighted by Crippen LogP contribution is 2.08. The zero-order valence-electron chi connectivity index (χ0n) is 10.3. The molecule has 1 aromatic rings. The molecule has 0 aliphatic carbocycles. The maximum absolute atomic E-state index is 5.43. The van der Waals surface area contributed by atoms with Gasteiger partial charge in [0, 0.05) is 6.54 Å². The second-order valence-corrected chi connectivity index (χ2v) is 4.43. The molecular weight excluding hydrogens is 234 g/mol. The lowest BCUT2D eigenvalue weighted by Crippen LogP contribution is -3.07. The van der Waals surface area contributed by atoms with Crippen LogP contribution in [0.4, 0.5) is 0 Å². The lowest BCUT2D eigenvalue weighted by atomic mass is 10.2. The van der Waals surface area contributed by atoms with E-state index in [9.17, 15) is 0 Å². The van der Waals surface area contributed by atoms with Gasteiger partial charge in [-0.15, -0.1) is 6.58 Å². The third-order valence-corrected chi connectivity index (χ3v) is 2.75. The van der Waals surface area contributed by atoms with E-state index in [1.165, 1.54) is 4.90 Å². The number of hydrogen-bond donors (Lipinski definition) is 3. The smallest absolute Gasteiger partial charge is 0.166 e. The molecule has 5 heteroatoms. The molecule has 1 rings (SSSR count). The molecule has 0 radical (unpaired) electrons. The Morgan fingerprint density at radius 3 is 2.88 bits per heavy atom. The maximum atomic E-state index is 5.43. The van der Waals surface area contributed by atoms with Crippen LogP contribution in [0.1, 0.15) is 11.8 Å². The number of likely N-dealkylation sites (N-methyl/N-ethyl adjacent to an activating group) is 1. The van der Waals surface area contributed by atoms with Crippen molar-refractivity contribution in [2.45, 2.75) is 6.04 Å². The highest BCUT2D eigenvalue weighted by atomic mass is 32.1. The van der Waals surface area contributed by atoms with E-state index in [0.717, 1.165) is 12.3 Å². The molecule has 0 saturated carbocycles. The molecule has 0 amide bonds. The molecule has 3 N–H and O–H groups in total.